The predicted molar refractivity (Wildman–Crippen MR) is 124 cm³/mol. The summed E-state index contributed by atoms with van der Waals surface area (Å²) in [5, 5.41) is 22.4. The highest BCUT2D eigenvalue weighted by Gasteiger charge is 2.24. The third-order valence-electron chi connectivity index (χ3n) is 5.98. The number of nitrogens with one attached hydrogen (secondary N) is 1. The van der Waals surface area contributed by atoms with Gasteiger partial charge in [-0.25, -0.2) is 18.9 Å². The highest BCUT2D eigenvalue weighted by atomic mass is 19.3. The maximum Gasteiger partial charge on any atom is 0.273 e. The van der Waals surface area contributed by atoms with Gasteiger partial charge in [-0.3, -0.25) is 9.48 Å². The fraction of sp³-hybridized carbons (Fsp3) is 0.160. The summed E-state index contributed by atoms with van der Waals surface area (Å²) in [5.74, 6) is -1.22. The van der Waals surface area contributed by atoms with E-state index >= 15 is 0 Å². The van der Waals surface area contributed by atoms with Gasteiger partial charge in [-0.05, 0) is 17.5 Å². The summed E-state index contributed by atoms with van der Waals surface area (Å²) in [7, 11) is 1.76. The molecule has 1 atom stereocenters. The molecule has 0 saturated heterocycles. The van der Waals surface area contributed by atoms with Crippen molar-refractivity contribution in [3.63, 3.8) is 0 Å². The van der Waals surface area contributed by atoms with Crippen LogP contribution in [0.2, 0.25) is 0 Å². The molecule has 0 fully saturated rings. The molecule has 5 aromatic rings. The zero-order valence-corrected chi connectivity index (χ0v) is 18.3. The minimum absolute atomic E-state index is 0.0142. The molecule has 0 radical (unpaired) electrons. The van der Waals surface area contributed by atoms with Gasteiger partial charge in [0.25, 0.3) is 5.56 Å². The largest absolute Gasteiger partial charge is 0.273 e. The summed E-state index contributed by atoms with van der Waals surface area (Å²) in [4.78, 5) is 16.8. The van der Waals surface area contributed by atoms with Crippen molar-refractivity contribution in [2.24, 2.45) is 7.05 Å². The van der Waals surface area contributed by atoms with Gasteiger partial charge in [0.05, 0.1) is 40.1 Å². The number of nitriles is 1. The van der Waals surface area contributed by atoms with E-state index in [1.54, 1.807) is 30.1 Å². The molecule has 0 bridgehead atoms. The molecule has 3 aromatic heterocycles. The summed E-state index contributed by atoms with van der Waals surface area (Å²) >= 11 is 0. The van der Waals surface area contributed by atoms with Crippen LogP contribution in [0.15, 0.2) is 59.5 Å². The van der Waals surface area contributed by atoms with Gasteiger partial charge >= 0.3 is 0 Å². The van der Waals surface area contributed by atoms with E-state index in [0.29, 0.717) is 28.1 Å². The second kappa shape index (κ2) is 8.15. The number of alkyl halides is 2. The molecule has 2 aromatic carbocycles. The van der Waals surface area contributed by atoms with E-state index in [1.807, 2.05) is 36.4 Å². The van der Waals surface area contributed by atoms with Crippen LogP contribution in [0.25, 0.3) is 44.2 Å². The van der Waals surface area contributed by atoms with Gasteiger partial charge in [0.15, 0.2) is 0 Å². The Kier molecular flexibility index (Phi) is 5.13. The van der Waals surface area contributed by atoms with Gasteiger partial charge in [0, 0.05) is 23.6 Å². The number of hydrogen-bond acceptors (Lipinski definition) is 5. The standard InChI is InChI=1S/C25H18F2N6O/c1-13(24(26)27)21-22-17(25(34)32-31-21)9-10-20(30-22)19-12-29-33(2)23(19)16-8-7-14-5-3-4-6-15(14)18(16)11-28/h3-10,12-13,24H,1-2H3,(H,32,34)/t13-/m0/s1. The van der Waals surface area contributed by atoms with Crippen LogP contribution in [0.5, 0.6) is 0 Å². The third kappa shape index (κ3) is 3.31. The number of halogens is 2. The molecule has 0 spiro atoms. The summed E-state index contributed by atoms with van der Waals surface area (Å²) in [6.07, 6.45) is -1.06. The average Bonchev–Trinajstić information content (AvgIpc) is 3.23. The Morgan fingerprint density at radius 1 is 1.06 bits per heavy atom. The van der Waals surface area contributed by atoms with Crippen molar-refractivity contribution >= 4 is 21.7 Å². The van der Waals surface area contributed by atoms with Gasteiger partial charge in [-0.1, -0.05) is 43.3 Å². The number of aryl methyl sites for hydroxylation is 1. The molecule has 3 heterocycles. The quantitative estimate of drug-likeness (QED) is 0.420. The van der Waals surface area contributed by atoms with E-state index in [9.17, 15) is 18.8 Å². The third-order valence-corrected chi connectivity index (χ3v) is 5.98. The molecule has 34 heavy (non-hydrogen) atoms. The van der Waals surface area contributed by atoms with Crippen LogP contribution < -0.4 is 5.56 Å². The first-order chi connectivity index (χ1) is 16.4. The Morgan fingerprint density at radius 3 is 2.62 bits per heavy atom. The van der Waals surface area contributed by atoms with Gasteiger partial charge in [-0.15, -0.1) is 0 Å². The minimum Gasteiger partial charge on any atom is -0.267 e. The molecule has 168 valence electrons. The summed E-state index contributed by atoms with van der Waals surface area (Å²) in [5.41, 5.74) is 2.47. The van der Waals surface area contributed by atoms with Crippen molar-refractivity contribution < 1.29 is 8.78 Å². The lowest BCUT2D eigenvalue weighted by molar-refractivity contribution is 0.119. The van der Waals surface area contributed by atoms with Crippen LogP contribution in [0.4, 0.5) is 8.78 Å². The van der Waals surface area contributed by atoms with E-state index in [4.69, 9.17) is 0 Å². The monoisotopic (exact) mass is 456 g/mol. The van der Waals surface area contributed by atoms with Gasteiger partial charge in [-0.2, -0.15) is 15.5 Å². The molecule has 9 heteroatoms. The predicted octanol–water partition coefficient (Wildman–Crippen LogP) is 4.78. The van der Waals surface area contributed by atoms with Gasteiger partial charge in [0.2, 0.25) is 6.43 Å². The van der Waals surface area contributed by atoms with Crippen molar-refractivity contribution in [3.8, 4) is 28.6 Å². The van der Waals surface area contributed by atoms with E-state index in [0.717, 1.165) is 10.8 Å². The normalized spacial score (nSPS) is 12.4. The number of aromatic amines is 1. The van der Waals surface area contributed by atoms with Gasteiger partial charge < -0.3 is 0 Å². The first-order valence-electron chi connectivity index (χ1n) is 10.5. The molecule has 0 saturated carbocycles. The molecule has 0 aliphatic rings. The Labute approximate surface area is 192 Å². The van der Waals surface area contributed by atoms with E-state index in [-0.39, 0.29) is 16.6 Å². The van der Waals surface area contributed by atoms with Crippen molar-refractivity contribution in [2.45, 2.75) is 19.3 Å². The lowest BCUT2D eigenvalue weighted by Gasteiger charge is -2.13. The molecular formula is C25H18F2N6O. The summed E-state index contributed by atoms with van der Waals surface area (Å²) in [6.45, 7) is 1.34. The fourth-order valence-electron chi connectivity index (χ4n) is 4.18. The van der Waals surface area contributed by atoms with E-state index in [2.05, 4.69) is 26.3 Å². The minimum atomic E-state index is -2.67. The molecule has 0 amide bonds. The van der Waals surface area contributed by atoms with E-state index < -0.39 is 17.9 Å². The second-order valence-corrected chi connectivity index (χ2v) is 8.01. The Hall–Kier alpha value is -4.45. The van der Waals surface area contributed by atoms with Crippen LogP contribution in [-0.2, 0) is 7.05 Å². The first-order valence-corrected chi connectivity index (χ1v) is 10.5. The molecule has 0 unspecified atom stereocenters. The van der Waals surface area contributed by atoms with Crippen molar-refractivity contribution in [1.82, 2.24) is 25.0 Å². The van der Waals surface area contributed by atoms with E-state index in [1.165, 1.54) is 6.92 Å². The number of aromatic nitrogens is 5. The molecule has 0 aliphatic carbocycles. The zero-order valence-electron chi connectivity index (χ0n) is 18.3. The number of pyridine rings is 1. The Balaban J connectivity index is 1.77. The van der Waals surface area contributed by atoms with Crippen LogP contribution in [-0.4, -0.2) is 31.4 Å². The highest BCUT2D eigenvalue weighted by molar-refractivity contribution is 5.96. The number of rotatable bonds is 4. The molecule has 1 N–H and O–H groups in total. The fourth-order valence-corrected chi connectivity index (χ4v) is 4.18. The Bertz CT molecular complexity index is 1660. The lowest BCUT2D eigenvalue weighted by Crippen LogP contribution is -2.16. The second-order valence-electron chi connectivity index (χ2n) is 8.01. The smallest absolute Gasteiger partial charge is 0.267 e. The van der Waals surface area contributed by atoms with Crippen LogP contribution in [0, 0.1) is 11.3 Å². The summed E-state index contributed by atoms with van der Waals surface area (Å²) in [6, 6.07) is 16.9. The molecular weight excluding hydrogens is 438 g/mol. The molecule has 0 aliphatic heterocycles. The first kappa shape index (κ1) is 21.4. The lowest BCUT2D eigenvalue weighted by atomic mass is 9.95. The maximum absolute atomic E-state index is 13.5. The number of H-pyrrole nitrogens is 1. The molecule has 5 rings (SSSR count). The van der Waals surface area contributed by atoms with Crippen molar-refractivity contribution in [3.05, 3.63) is 76.3 Å². The Morgan fingerprint density at radius 2 is 1.85 bits per heavy atom. The summed E-state index contributed by atoms with van der Waals surface area (Å²) < 4.78 is 28.6. The van der Waals surface area contributed by atoms with Gasteiger partial charge in [0.1, 0.15) is 11.6 Å². The SMILES string of the molecule is C[C@@H](c1n[nH]c(=O)c2ccc(-c3cnn(C)c3-c3ccc4ccccc4c3C#N)nc12)C(F)F. The number of hydrogen-bond donors (Lipinski definition) is 1. The zero-order chi connectivity index (χ0) is 24.0. The number of benzene rings is 2. The number of nitrogens with zero attached hydrogens (tertiary/aromatic N) is 5. The van der Waals surface area contributed by atoms with Crippen molar-refractivity contribution in [1.29, 1.82) is 5.26 Å². The maximum atomic E-state index is 13.5. The highest BCUT2D eigenvalue weighted by Crippen LogP contribution is 2.36. The molecule has 7 nitrogen and oxygen atoms in total. The van der Waals surface area contributed by atoms with Crippen molar-refractivity contribution in [2.75, 3.05) is 0 Å². The van der Waals surface area contributed by atoms with Crippen LogP contribution in [0.1, 0.15) is 24.1 Å². The number of fused-ring (bicyclic) bond motifs is 2. The van der Waals surface area contributed by atoms with Crippen LogP contribution in [0.3, 0.4) is 0 Å². The topological polar surface area (TPSA) is 100 Å². The average molecular weight is 456 g/mol. The van der Waals surface area contributed by atoms with Crippen LogP contribution >= 0.6 is 0 Å².